The van der Waals surface area contributed by atoms with Crippen LogP contribution < -0.4 is 4.90 Å². The summed E-state index contributed by atoms with van der Waals surface area (Å²) in [6, 6.07) is 3.78. The molecule has 2 aromatic rings. The van der Waals surface area contributed by atoms with Gasteiger partial charge in [0, 0.05) is 50.6 Å². The summed E-state index contributed by atoms with van der Waals surface area (Å²) in [4.78, 5) is 37.1. The van der Waals surface area contributed by atoms with Gasteiger partial charge in [0.2, 0.25) is 5.91 Å². The number of carbonyl (C=O) groups excluding carboxylic acids is 2. The molecule has 2 aliphatic rings. The van der Waals surface area contributed by atoms with Crippen molar-refractivity contribution < 1.29 is 9.59 Å². The average Bonchev–Trinajstić information content (AvgIpc) is 3.34. The fourth-order valence-electron chi connectivity index (χ4n) is 3.96. The van der Waals surface area contributed by atoms with Gasteiger partial charge in [-0.1, -0.05) is 6.07 Å². The lowest BCUT2D eigenvalue weighted by molar-refractivity contribution is -0.136. The number of piperidine rings is 1. The minimum Gasteiger partial charge on any atom is -0.346 e. The third-order valence-electron chi connectivity index (χ3n) is 5.55. The molecule has 0 unspecified atom stereocenters. The van der Waals surface area contributed by atoms with Crippen LogP contribution in [-0.2, 0) is 4.79 Å². The maximum absolute atomic E-state index is 13.1. The SMILES string of the molecule is Cc1csc(N2CCCN(C(=O)C3CCN(C(=O)c4cccs4)CC3)CC2)n1. The van der Waals surface area contributed by atoms with Crippen molar-refractivity contribution in [2.75, 3.05) is 44.2 Å². The average molecular weight is 419 g/mol. The van der Waals surface area contributed by atoms with Gasteiger partial charge in [0.25, 0.3) is 5.91 Å². The molecule has 0 saturated carbocycles. The number of thiazole rings is 1. The molecule has 2 saturated heterocycles. The van der Waals surface area contributed by atoms with Gasteiger partial charge in [0.1, 0.15) is 0 Å². The zero-order valence-corrected chi connectivity index (χ0v) is 17.8. The van der Waals surface area contributed by atoms with E-state index in [4.69, 9.17) is 0 Å². The number of hydrogen-bond donors (Lipinski definition) is 0. The Hall–Kier alpha value is -1.93. The van der Waals surface area contributed by atoms with E-state index in [-0.39, 0.29) is 17.7 Å². The minimum atomic E-state index is 0.0426. The maximum atomic E-state index is 13.1. The molecule has 2 fully saturated rings. The zero-order valence-electron chi connectivity index (χ0n) is 16.2. The van der Waals surface area contributed by atoms with Crippen LogP contribution >= 0.6 is 22.7 Å². The fraction of sp³-hybridized carbons (Fsp3) is 0.550. The number of likely N-dealkylation sites (tertiary alicyclic amines) is 1. The third kappa shape index (κ3) is 4.22. The van der Waals surface area contributed by atoms with Gasteiger partial charge >= 0.3 is 0 Å². The highest BCUT2D eigenvalue weighted by Gasteiger charge is 2.31. The van der Waals surface area contributed by atoms with E-state index in [9.17, 15) is 9.59 Å². The summed E-state index contributed by atoms with van der Waals surface area (Å²) in [6.07, 6.45) is 2.50. The summed E-state index contributed by atoms with van der Waals surface area (Å²) in [5.41, 5.74) is 1.06. The molecule has 0 radical (unpaired) electrons. The number of thiophene rings is 1. The molecule has 6 nitrogen and oxygen atoms in total. The van der Waals surface area contributed by atoms with Crippen molar-refractivity contribution >= 4 is 39.6 Å². The first-order valence-electron chi connectivity index (χ1n) is 9.90. The van der Waals surface area contributed by atoms with Crippen molar-refractivity contribution in [3.63, 3.8) is 0 Å². The summed E-state index contributed by atoms with van der Waals surface area (Å²) in [5.74, 6) is 0.409. The van der Waals surface area contributed by atoms with E-state index in [0.717, 1.165) is 61.1 Å². The van der Waals surface area contributed by atoms with Crippen LogP contribution in [0.1, 0.15) is 34.6 Å². The van der Waals surface area contributed by atoms with Crippen molar-refractivity contribution in [3.8, 4) is 0 Å². The predicted octanol–water partition coefficient (Wildman–Crippen LogP) is 3.10. The van der Waals surface area contributed by atoms with Crippen molar-refractivity contribution in [3.05, 3.63) is 33.5 Å². The quantitative estimate of drug-likeness (QED) is 0.769. The molecule has 0 bridgehead atoms. The van der Waals surface area contributed by atoms with Crippen molar-refractivity contribution in [2.24, 2.45) is 5.92 Å². The molecule has 0 aliphatic carbocycles. The molecule has 4 rings (SSSR count). The molecule has 150 valence electrons. The van der Waals surface area contributed by atoms with E-state index in [1.807, 2.05) is 34.2 Å². The lowest BCUT2D eigenvalue weighted by Gasteiger charge is -2.33. The lowest BCUT2D eigenvalue weighted by atomic mass is 9.95. The third-order valence-corrected chi connectivity index (χ3v) is 7.43. The number of amides is 2. The van der Waals surface area contributed by atoms with Gasteiger partial charge < -0.3 is 14.7 Å². The maximum Gasteiger partial charge on any atom is 0.263 e. The van der Waals surface area contributed by atoms with Gasteiger partial charge in [0.05, 0.1) is 10.6 Å². The number of aryl methyl sites for hydroxylation is 1. The molecule has 0 N–H and O–H groups in total. The second kappa shape index (κ2) is 8.61. The molecule has 0 atom stereocenters. The Morgan fingerprint density at radius 2 is 1.86 bits per heavy atom. The summed E-state index contributed by atoms with van der Waals surface area (Å²) in [6.45, 7) is 6.72. The normalized spacial score (nSPS) is 19.0. The Balaban J connectivity index is 1.30. The number of aromatic nitrogens is 1. The highest BCUT2D eigenvalue weighted by Crippen LogP contribution is 2.25. The summed E-state index contributed by atoms with van der Waals surface area (Å²) in [5, 5.41) is 5.07. The van der Waals surface area contributed by atoms with Crippen molar-refractivity contribution in [1.29, 1.82) is 0 Å². The van der Waals surface area contributed by atoms with E-state index in [1.165, 1.54) is 11.3 Å². The van der Waals surface area contributed by atoms with Gasteiger partial charge in [-0.05, 0) is 37.6 Å². The molecule has 0 spiro atoms. The number of rotatable bonds is 3. The van der Waals surface area contributed by atoms with Gasteiger partial charge in [-0.15, -0.1) is 22.7 Å². The van der Waals surface area contributed by atoms with Gasteiger partial charge in [-0.25, -0.2) is 4.98 Å². The second-order valence-corrected chi connectivity index (χ2v) is 9.27. The van der Waals surface area contributed by atoms with Crippen LogP contribution in [0.3, 0.4) is 0 Å². The molecule has 0 aromatic carbocycles. The Morgan fingerprint density at radius 3 is 2.54 bits per heavy atom. The highest BCUT2D eigenvalue weighted by atomic mass is 32.1. The molecule has 8 heteroatoms. The highest BCUT2D eigenvalue weighted by molar-refractivity contribution is 7.13. The zero-order chi connectivity index (χ0) is 19.5. The minimum absolute atomic E-state index is 0.0426. The van der Waals surface area contributed by atoms with Gasteiger partial charge in [0.15, 0.2) is 5.13 Å². The first kappa shape index (κ1) is 19.4. The molecular weight excluding hydrogens is 392 g/mol. The van der Waals surface area contributed by atoms with E-state index in [2.05, 4.69) is 15.3 Å². The van der Waals surface area contributed by atoms with Crippen molar-refractivity contribution in [2.45, 2.75) is 26.2 Å². The van der Waals surface area contributed by atoms with Crippen LogP contribution in [0.15, 0.2) is 22.9 Å². The topological polar surface area (TPSA) is 56.8 Å². The van der Waals surface area contributed by atoms with Crippen molar-refractivity contribution in [1.82, 2.24) is 14.8 Å². The number of carbonyl (C=O) groups is 2. The van der Waals surface area contributed by atoms with Crippen LogP contribution in [0.25, 0.3) is 0 Å². The first-order valence-corrected chi connectivity index (χ1v) is 11.7. The summed E-state index contributed by atoms with van der Waals surface area (Å²) < 4.78 is 0. The molecule has 28 heavy (non-hydrogen) atoms. The van der Waals surface area contributed by atoms with Gasteiger partial charge in [-0.2, -0.15) is 0 Å². The monoisotopic (exact) mass is 418 g/mol. The smallest absolute Gasteiger partial charge is 0.263 e. The predicted molar refractivity (Wildman–Crippen MR) is 113 cm³/mol. The molecular formula is C20H26N4O2S2. The van der Waals surface area contributed by atoms with E-state index in [0.29, 0.717) is 13.1 Å². The van der Waals surface area contributed by atoms with Crippen LogP contribution in [-0.4, -0.2) is 65.9 Å². The van der Waals surface area contributed by atoms with Crippen LogP contribution in [0.4, 0.5) is 5.13 Å². The Labute approximate surface area is 173 Å². The number of nitrogens with zero attached hydrogens (tertiary/aromatic N) is 4. The Kier molecular flexibility index (Phi) is 5.96. The molecule has 2 amide bonds. The summed E-state index contributed by atoms with van der Waals surface area (Å²) >= 11 is 3.16. The Morgan fingerprint density at radius 1 is 1.04 bits per heavy atom. The van der Waals surface area contributed by atoms with E-state index in [1.54, 1.807) is 11.3 Å². The standard InChI is InChI=1S/C20H26N4O2S2/c1-15-14-28-20(21-15)24-8-3-7-22(11-12-24)18(25)16-5-9-23(10-6-16)19(26)17-4-2-13-27-17/h2,4,13-14,16H,3,5-12H2,1H3. The number of anilines is 1. The number of hydrogen-bond acceptors (Lipinski definition) is 6. The summed E-state index contributed by atoms with van der Waals surface area (Å²) in [7, 11) is 0. The molecule has 4 heterocycles. The van der Waals surface area contributed by atoms with Crippen LogP contribution in [0.2, 0.25) is 0 Å². The van der Waals surface area contributed by atoms with E-state index >= 15 is 0 Å². The van der Waals surface area contributed by atoms with E-state index < -0.39 is 0 Å². The van der Waals surface area contributed by atoms with Gasteiger partial charge in [-0.3, -0.25) is 9.59 Å². The Bertz CT molecular complexity index is 812. The first-order chi connectivity index (χ1) is 13.6. The lowest BCUT2D eigenvalue weighted by Crippen LogP contribution is -2.45. The molecule has 2 aromatic heterocycles. The largest absolute Gasteiger partial charge is 0.346 e. The van der Waals surface area contributed by atoms with Crippen LogP contribution in [0, 0.1) is 12.8 Å². The molecule has 2 aliphatic heterocycles. The second-order valence-electron chi connectivity index (χ2n) is 7.48. The van der Waals surface area contributed by atoms with Crippen LogP contribution in [0.5, 0.6) is 0 Å². The fourth-order valence-corrected chi connectivity index (χ4v) is 5.51.